The van der Waals surface area contributed by atoms with Crippen molar-refractivity contribution in [1.29, 1.82) is 0 Å². The maximum atomic E-state index is 12.6. The Bertz CT molecular complexity index is 1120. The second-order valence-electron chi connectivity index (χ2n) is 9.14. The molecule has 7 heteroatoms. The van der Waals surface area contributed by atoms with E-state index in [-0.39, 0.29) is 24.4 Å². The first kappa shape index (κ1) is 22.6. The van der Waals surface area contributed by atoms with Gasteiger partial charge in [0.05, 0.1) is 12.8 Å². The zero-order valence-corrected chi connectivity index (χ0v) is 19.3. The number of esters is 1. The van der Waals surface area contributed by atoms with Gasteiger partial charge in [0.15, 0.2) is 5.89 Å². The molecule has 1 amide bonds. The predicted octanol–water partition coefficient (Wildman–Crippen LogP) is 4.59. The number of nitrogens with one attached hydrogen (secondary N) is 1. The van der Waals surface area contributed by atoms with Gasteiger partial charge in [-0.1, -0.05) is 69.3 Å². The lowest BCUT2D eigenvalue weighted by atomic mass is 9.97. The van der Waals surface area contributed by atoms with Crippen molar-refractivity contribution < 1.29 is 23.5 Å². The Morgan fingerprint density at radius 3 is 2.21 bits per heavy atom. The third-order valence-corrected chi connectivity index (χ3v) is 5.73. The van der Waals surface area contributed by atoms with Crippen LogP contribution in [0.2, 0.25) is 0 Å². The molecule has 1 atom stereocenters. The van der Waals surface area contributed by atoms with Crippen molar-refractivity contribution in [3.63, 3.8) is 0 Å². The molecule has 0 unspecified atom stereocenters. The van der Waals surface area contributed by atoms with E-state index in [2.05, 4.69) is 34.6 Å². The van der Waals surface area contributed by atoms with Crippen LogP contribution in [0.4, 0.5) is 4.79 Å². The smallest absolute Gasteiger partial charge is 0.407 e. The molecule has 0 bridgehead atoms. The third kappa shape index (κ3) is 4.77. The minimum absolute atomic E-state index is 0.0652. The minimum Gasteiger partial charge on any atom is -0.467 e. The number of hydrogen-bond acceptors (Lipinski definition) is 6. The number of carbonyl (C=O) groups is 2. The van der Waals surface area contributed by atoms with Crippen molar-refractivity contribution in [2.75, 3.05) is 13.7 Å². The summed E-state index contributed by atoms with van der Waals surface area (Å²) in [5.74, 6) is -0.0873. The van der Waals surface area contributed by atoms with Gasteiger partial charge < -0.3 is 19.2 Å². The van der Waals surface area contributed by atoms with E-state index in [0.717, 1.165) is 22.3 Å². The van der Waals surface area contributed by atoms with Crippen LogP contribution in [0, 0.1) is 0 Å². The fourth-order valence-electron chi connectivity index (χ4n) is 4.07. The van der Waals surface area contributed by atoms with Crippen molar-refractivity contribution in [3.8, 4) is 11.1 Å². The van der Waals surface area contributed by atoms with Crippen molar-refractivity contribution in [3.05, 3.63) is 77.5 Å². The van der Waals surface area contributed by atoms with Gasteiger partial charge in [0, 0.05) is 17.8 Å². The van der Waals surface area contributed by atoms with Crippen LogP contribution >= 0.6 is 0 Å². The summed E-state index contributed by atoms with van der Waals surface area (Å²) < 4.78 is 15.9. The molecule has 0 saturated heterocycles. The van der Waals surface area contributed by atoms with Gasteiger partial charge in [0.25, 0.3) is 0 Å². The lowest BCUT2D eigenvalue weighted by molar-refractivity contribution is -0.143. The van der Waals surface area contributed by atoms with Crippen molar-refractivity contribution >= 4 is 12.1 Å². The monoisotopic (exact) mass is 448 g/mol. The number of rotatable bonds is 6. The number of fused-ring (bicyclic) bond motifs is 3. The Hall–Kier alpha value is -3.61. The van der Waals surface area contributed by atoms with E-state index in [1.165, 1.54) is 13.4 Å². The molecule has 1 aliphatic carbocycles. The Labute approximate surface area is 193 Å². The molecule has 33 heavy (non-hydrogen) atoms. The summed E-state index contributed by atoms with van der Waals surface area (Å²) in [6.07, 6.45) is 0.943. The molecule has 1 aromatic heterocycles. The standard InChI is InChI=1S/C26H28N2O5/c1-26(2,3)24-27-16(14-32-24)13-22(23(29)31-4)28-25(30)33-15-21-19-11-7-5-9-17(19)18-10-6-8-12-20(18)21/h5-12,14,21-22H,13,15H2,1-4H3,(H,28,30)/t22-/m1/s1. The Kier molecular flexibility index (Phi) is 6.22. The maximum Gasteiger partial charge on any atom is 0.407 e. The van der Waals surface area contributed by atoms with E-state index in [9.17, 15) is 9.59 Å². The molecule has 1 heterocycles. The summed E-state index contributed by atoms with van der Waals surface area (Å²) in [7, 11) is 1.28. The topological polar surface area (TPSA) is 90.7 Å². The van der Waals surface area contributed by atoms with E-state index in [1.54, 1.807) is 0 Å². The average Bonchev–Trinajstić information content (AvgIpc) is 3.40. The van der Waals surface area contributed by atoms with E-state index in [0.29, 0.717) is 11.6 Å². The number of amides is 1. The van der Waals surface area contributed by atoms with Gasteiger partial charge in [0.2, 0.25) is 0 Å². The van der Waals surface area contributed by atoms with Gasteiger partial charge in [-0.2, -0.15) is 0 Å². The summed E-state index contributed by atoms with van der Waals surface area (Å²) >= 11 is 0. The summed E-state index contributed by atoms with van der Waals surface area (Å²) in [6.45, 7) is 6.10. The molecule has 1 aliphatic rings. The molecular weight excluding hydrogens is 420 g/mol. The first-order valence-electron chi connectivity index (χ1n) is 10.9. The number of hydrogen-bond donors (Lipinski definition) is 1. The SMILES string of the molecule is COC(=O)[C@@H](Cc1coc(C(C)(C)C)n1)NC(=O)OCC1c2ccccc2-c2ccccc21. The highest BCUT2D eigenvalue weighted by molar-refractivity contribution is 5.82. The van der Waals surface area contributed by atoms with Gasteiger partial charge in [-0.25, -0.2) is 14.6 Å². The van der Waals surface area contributed by atoms with Crippen LogP contribution in [0.5, 0.6) is 0 Å². The average molecular weight is 449 g/mol. The molecule has 1 N–H and O–H groups in total. The van der Waals surface area contributed by atoms with E-state index in [1.807, 2.05) is 45.0 Å². The Morgan fingerprint density at radius 2 is 1.67 bits per heavy atom. The predicted molar refractivity (Wildman–Crippen MR) is 123 cm³/mol. The zero-order chi connectivity index (χ0) is 23.6. The van der Waals surface area contributed by atoms with E-state index in [4.69, 9.17) is 13.9 Å². The highest BCUT2D eigenvalue weighted by Gasteiger charge is 2.30. The Morgan fingerprint density at radius 1 is 1.06 bits per heavy atom. The second kappa shape index (κ2) is 9.10. The Balaban J connectivity index is 1.43. The fourth-order valence-corrected chi connectivity index (χ4v) is 4.07. The second-order valence-corrected chi connectivity index (χ2v) is 9.14. The van der Waals surface area contributed by atoms with Crippen molar-refractivity contribution in [2.24, 2.45) is 0 Å². The highest BCUT2D eigenvalue weighted by Crippen LogP contribution is 2.44. The van der Waals surface area contributed by atoms with Crippen LogP contribution in [-0.2, 0) is 26.1 Å². The number of alkyl carbamates (subject to hydrolysis) is 1. The summed E-state index contributed by atoms with van der Waals surface area (Å²) in [5, 5.41) is 2.62. The number of aromatic nitrogens is 1. The highest BCUT2D eigenvalue weighted by atomic mass is 16.6. The van der Waals surface area contributed by atoms with Crippen LogP contribution in [0.3, 0.4) is 0 Å². The van der Waals surface area contributed by atoms with Crippen molar-refractivity contribution in [1.82, 2.24) is 10.3 Å². The summed E-state index contributed by atoms with van der Waals surface area (Å²) in [4.78, 5) is 29.4. The van der Waals surface area contributed by atoms with Gasteiger partial charge in [-0.15, -0.1) is 0 Å². The van der Waals surface area contributed by atoms with E-state index >= 15 is 0 Å². The molecule has 0 spiro atoms. The lowest BCUT2D eigenvalue weighted by Crippen LogP contribution is -2.43. The van der Waals surface area contributed by atoms with Gasteiger partial charge in [-0.3, -0.25) is 0 Å². The normalized spacial score (nSPS) is 13.7. The molecule has 7 nitrogen and oxygen atoms in total. The van der Waals surface area contributed by atoms with Crippen LogP contribution in [0.25, 0.3) is 11.1 Å². The van der Waals surface area contributed by atoms with Crippen molar-refractivity contribution in [2.45, 2.75) is 44.6 Å². The molecule has 0 fully saturated rings. The fraction of sp³-hybridized carbons (Fsp3) is 0.346. The summed E-state index contributed by atoms with van der Waals surface area (Å²) in [5.41, 5.74) is 4.82. The molecule has 0 aliphatic heterocycles. The first-order valence-corrected chi connectivity index (χ1v) is 10.9. The van der Waals surface area contributed by atoms with Crippen LogP contribution < -0.4 is 5.32 Å². The number of oxazole rings is 1. The zero-order valence-electron chi connectivity index (χ0n) is 19.3. The molecule has 2 aromatic carbocycles. The van der Waals surface area contributed by atoms with Gasteiger partial charge in [0.1, 0.15) is 18.9 Å². The minimum atomic E-state index is -0.941. The van der Waals surface area contributed by atoms with E-state index < -0.39 is 18.1 Å². The summed E-state index contributed by atoms with van der Waals surface area (Å²) in [6, 6.07) is 15.3. The number of methoxy groups -OCH3 is 1. The number of carbonyl (C=O) groups excluding carboxylic acids is 2. The molecule has 0 radical (unpaired) electrons. The van der Waals surface area contributed by atoms with Crippen LogP contribution in [0.15, 0.2) is 59.2 Å². The molecule has 172 valence electrons. The molecular formula is C26H28N2O5. The quantitative estimate of drug-likeness (QED) is 0.555. The first-order chi connectivity index (χ1) is 15.8. The molecule has 0 saturated carbocycles. The van der Waals surface area contributed by atoms with Crippen LogP contribution in [0.1, 0.15) is 49.4 Å². The lowest BCUT2D eigenvalue weighted by Gasteiger charge is -2.18. The third-order valence-electron chi connectivity index (χ3n) is 5.73. The van der Waals surface area contributed by atoms with Gasteiger partial charge in [-0.05, 0) is 22.3 Å². The number of benzene rings is 2. The number of nitrogens with zero attached hydrogens (tertiary/aromatic N) is 1. The van der Waals surface area contributed by atoms with Crippen LogP contribution in [-0.4, -0.2) is 36.8 Å². The van der Waals surface area contributed by atoms with Gasteiger partial charge >= 0.3 is 12.1 Å². The molecule has 4 rings (SSSR count). The molecule has 3 aromatic rings. The number of ether oxygens (including phenoxy) is 2. The maximum absolute atomic E-state index is 12.6. The largest absolute Gasteiger partial charge is 0.467 e.